The van der Waals surface area contributed by atoms with Crippen molar-refractivity contribution in [2.75, 3.05) is 4.90 Å². The lowest BCUT2D eigenvalue weighted by Gasteiger charge is -2.34. The topological polar surface area (TPSA) is 3.24 Å². The Balaban J connectivity index is 1.18. The van der Waals surface area contributed by atoms with Gasteiger partial charge in [0.2, 0.25) is 0 Å². The van der Waals surface area contributed by atoms with E-state index in [1.807, 2.05) is 0 Å². The summed E-state index contributed by atoms with van der Waals surface area (Å²) in [5.41, 5.74) is 17.4. The maximum atomic E-state index is 2.68. The van der Waals surface area contributed by atoms with Gasteiger partial charge in [-0.3, -0.25) is 0 Å². The highest BCUT2D eigenvalue weighted by atomic mass is 15.1. The van der Waals surface area contributed by atoms with Gasteiger partial charge in [0.15, 0.2) is 0 Å². The van der Waals surface area contributed by atoms with Gasteiger partial charge in [0.1, 0.15) is 0 Å². The summed E-state index contributed by atoms with van der Waals surface area (Å²) in [7, 11) is 0. The molecule has 0 aromatic heterocycles. The molecule has 3 saturated carbocycles. The summed E-state index contributed by atoms with van der Waals surface area (Å²) in [5.74, 6) is 3.04. The van der Waals surface area contributed by atoms with E-state index < -0.39 is 0 Å². The van der Waals surface area contributed by atoms with Gasteiger partial charge in [-0.2, -0.15) is 0 Å². The van der Waals surface area contributed by atoms with Crippen LogP contribution in [0.4, 0.5) is 17.1 Å². The van der Waals surface area contributed by atoms with Gasteiger partial charge in [-0.05, 0) is 153 Å². The molecule has 11 rings (SSSR count). The van der Waals surface area contributed by atoms with Crippen molar-refractivity contribution in [1.82, 2.24) is 0 Å². The summed E-state index contributed by atoms with van der Waals surface area (Å²) in [6, 6.07) is 58.3. The lowest BCUT2D eigenvalue weighted by molar-refractivity contribution is 0.420. The minimum atomic E-state index is -0.174. The molecule has 7 aromatic rings. The zero-order chi connectivity index (χ0) is 38.1. The Morgan fingerprint density at radius 1 is 0.509 bits per heavy atom. The second-order valence-corrected chi connectivity index (χ2v) is 18.3. The summed E-state index contributed by atoms with van der Waals surface area (Å²) in [5, 5.41) is 2.65. The molecule has 2 bridgehead atoms. The molecule has 0 aliphatic heterocycles. The van der Waals surface area contributed by atoms with E-state index in [0.717, 1.165) is 11.8 Å². The second-order valence-electron chi connectivity index (χ2n) is 18.3. The summed E-state index contributed by atoms with van der Waals surface area (Å²) in [6.07, 6.45) is 12.1. The van der Waals surface area contributed by atoms with Crippen molar-refractivity contribution < 1.29 is 0 Å². The fourth-order valence-electron chi connectivity index (χ4n) is 11.8. The molecule has 1 heteroatoms. The molecule has 0 N–H and O–H groups in total. The van der Waals surface area contributed by atoms with Gasteiger partial charge in [0.05, 0.1) is 11.4 Å². The minimum Gasteiger partial charge on any atom is -0.310 e. The molecule has 0 amide bonds. The number of hydrogen-bond donors (Lipinski definition) is 0. The van der Waals surface area contributed by atoms with E-state index in [9.17, 15) is 0 Å². The summed E-state index contributed by atoms with van der Waals surface area (Å²) >= 11 is 0. The average molecular weight is 740 g/mol. The lowest BCUT2D eigenvalue weighted by atomic mass is 9.80. The first-order valence-corrected chi connectivity index (χ1v) is 21.9. The van der Waals surface area contributed by atoms with Crippen LogP contribution in [0.5, 0.6) is 0 Å². The fraction of sp³-hybridized carbons (Fsp3) is 0.286. The minimum absolute atomic E-state index is 0.174. The van der Waals surface area contributed by atoms with Crippen molar-refractivity contribution in [1.29, 1.82) is 0 Å². The molecule has 3 unspecified atom stereocenters. The predicted octanol–water partition coefficient (Wildman–Crippen LogP) is 15.9. The quantitative estimate of drug-likeness (QED) is 0.157. The maximum Gasteiger partial charge on any atom is 0.0543 e. The van der Waals surface area contributed by atoms with Crippen LogP contribution in [0.3, 0.4) is 0 Å². The van der Waals surface area contributed by atoms with Crippen LogP contribution in [-0.2, 0) is 5.41 Å². The zero-order valence-corrected chi connectivity index (χ0v) is 33.6. The van der Waals surface area contributed by atoms with Gasteiger partial charge in [-0.1, -0.05) is 155 Å². The Labute approximate surface area is 339 Å². The number of hydrogen-bond acceptors (Lipinski definition) is 1. The Morgan fingerprint density at radius 2 is 1.19 bits per heavy atom. The molecule has 0 spiro atoms. The molecule has 3 fully saturated rings. The van der Waals surface area contributed by atoms with E-state index >= 15 is 0 Å². The molecule has 4 aliphatic rings. The highest BCUT2D eigenvalue weighted by Gasteiger charge is 2.41. The van der Waals surface area contributed by atoms with Crippen LogP contribution in [0.25, 0.3) is 44.2 Å². The Hall–Kier alpha value is -5.40. The highest BCUT2D eigenvalue weighted by Crippen LogP contribution is 2.57. The van der Waals surface area contributed by atoms with Crippen molar-refractivity contribution in [2.45, 2.75) is 88.9 Å². The maximum absolute atomic E-state index is 2.68. The van der Waals surface area contributed by atoms with Crippen molar-refractivity contribution >= 4 is 27.8 Å². The van der Waals surface area contributed by atoms with Crippen molar-refractivity contribution in [3.63, 3.8) is 0 Å². The Bertz CT molecular complexity index is 2590. The number of rotatable bonds is 7. The van der Waals surface area contributed by atoms with E-state index in [1.165, 1.54) is 136 Å². The van der Waals surface area contributed by atoms with Crippen LogP contribution in [0.15, 0.2) is 152 Å². The van der Waals surface area contributed by atoms with Crippen LogP contribution in [0.2, 0.25) is 0 Å². The summed E-state index contributed by atoms with van der Waals surface area (Å²) in [4.78, 5) is 2.68. The van der Waals surface area contributed by atoms with E-state index in [-0.39, 0.29) is 5.41 Å². The second kappa shape index (κ2) is 13.9. The smallest absolute Gasteiger partial charge is 0.0543 e. The molecular weight excluding hydrogens is 687 g/mol. The largest absolute Gasteiger partial charge is 0.310 e. The van der Waals surface area contributed by atoms with Crippen molar-refractivity contribution in [3.05, 3.63) is 174 Å². The van der Waals surface area contributed by atoms with E-state index in [0.29, 0.717) is 11.8 Å². The van der Waals surface area contributed by atoms with Crippen LogP contribution < -0.4 is 4.90 Å². The molecule has 3 atom stereocenters. The Morgan fingerprint density at radius 3 is 1.88 bits per heavy atom. The van der Waals surface area contributed by atoms with E-state index in [2.05, 4.69) is 170 Å². The van der Waals surface area contributed by atoms with Crippen molar-refractivity contribution in [3.8, 4) is 33.4 Å². The van der Waals surface area contributed by atoms with Crippen LogP contribution in [0, 0.1) is 11.8 Å². The SMILES string of the molecule is CC1(C)c2cc(N(c3ccc(C4CC5CCC4C5)cc3)c3cc4ccccc4cc3C3CCCCC3)c(-c3ccccc3)cc2-c2c(-c3ccccc3)cccc21. The number of fused-ring (bicyclic) bond motifs is 6. The summed E-state index contributed by atoms with van der Waals surface area (Å²) < 4.78 is 0. The average Bonchev–Trinajstić information content (AvgIpc) is 3.97. The standard InChI is InChI=1S/C56H53N/c1-56(2)51-24-14-23-46(38-15-6-3-7-16-38)55(51)50-35-49(40-19-10-5-11-20-40)54(36-52(50)56)57(45-29-27-41(28-30-45)47-32-37-25-26-44(47)31-37)53-34-43-22-13-12-21-42(43)33-48(53)39-17-8-4-9-18-39/h3,5-7,10-16,19-24,27-30,33-37,39,44,47H,4,8-9,17-18,25-26,31-32H2,1-2H3. The summed E-state index contributed by atoms with van der Waals surface area (Å²) in [6.45, 7) is 4.88. The predicted molar refractivity (Wildman–Crippen MR) is 241 cm³/mol. The third kappa shape index (κ3) is 5.88. The molecule has 1 nitrogen and oxygen atoms in total. The number of anilines is 3. The molecule has 282 valence electrons. The molecule has 0 saturated heterocycles. The van der Waals surface area contributed by atoms with Gasteiger partial charge >= 0.3 is 0 Å². The van der Waals surface area contributed by atoms with E-state index in [4.69, 9.17) is 0 Å². The van der Waals surface area contributed by atoms with E-state index in [1.54, 1.807) is 5.56 Å². The van der Waals surface area contributed by atoms with Crippen LogP contribution in [-0.4, -0.2) is 0 Å². The molecule has 0 heterocycles. The first kappa shape index (κ1) is 34.8. The van der Waals surface area contributed by atoms with Crippen LogP contribution >= 0.6 is 0 Å². The van der Waals surface area contributed by atoms with Gasteiger partial charge in [0, 0.05) is 16.7 Å². The normalized spacial score (nSPS) is 20.8. The first-order chi connectivity index (χ1) is 28.0. The van der Waals surface area contributed by atoms with Crippen LogP contribution in [0.1, 0.15) is 106 Å². The third-order valence-electron chi connectivity index (χ3n) is 14.7. The van der Waals surface area contributed by atoms with Gasteiger partial charge in [-0.25, -0.2) is 0 Å². The monoisotopic (exact) mass is 739 g/mol. The van der Waals surface area contributed by atoms with Gasteiger partial charge < -0.3 is 4.90 Å². The molecule has 4 aliphatic carbocycles. The first-order valence-electron chi connectivity index (χ1n) is 21.9. The number of benzene rings is 7. The molecule has 7 aromatic carbocycles. The van der Waals surface area contributed by atoms with Gasteiger partial charge in [0.25, 0.3) is 0 Å². The Kier molecular flexibility index (Phi) is 8.50. The third-order valence-corrected chi connectivity index (χ3v) is 14.7. The lowest BCUT2D eigenvalue weighted by Crippen LogP contribution is -2.19. The van der Waals surface area contributed by atoms with Crippen molar-refractivity contribution in [2.24, 2.45) is 11.8 Å². The molecule has 57 heavy (non-hydrogen) atoms. The number of nitrogens with zero attached hydrogens (tertiary/aromatic N) is 1. The zero-order valence-electron chi connectivity index (χ0n) is 33.6. The highest BCUT2D eigenvalue weighted by molar-refractivity contribution is 6.00. The fourth-order valence-corrected chi connectivity index (χ4v) is 11.8. The molecular formula is C56H53N. The molecule has 0 radical (unpaired) electrons. The van der Waals surface area contributed by atoms with Gasteiger partial charge in [-0.15, -0.1) is 0 Å².